The van der Waals surface area contributed by atoms with Crippen molar-refractivity contribution >= 4 is 11.6 Å². The molecule has 0 bridgehead atoms. The van der Waals surface area contributed by atoms with Gasteiger partial charge in [-0.2, -0.15) is 0 Å². The first-order chi connectivity index (χ1) is 10.1. The van der Waals surface area contributed by atoms with E-state index in [1.54, 1.807) is 6.92 Å². The van der Waals surface area contributed by atoms with Crippen LogP contribution in [-0.4, -0.2) is 12.5 Å². The molecule has 3 heteroatoms. The summed E-state index contributed by atoms with van der Waals surface area (Å²) >= 11 is 0. The van der Waals surface area contributed by atoms with E-state index in [0.29, 0.717) is 0 Å². The van der Waals surface area contributed by atoms with Gasteiger partial charge in [0.2, 0.25) is 5.91 Å². The summed E-state index contributed by atoms with van der Waals surface area (Å²) in [7, 11) is 0. The fourth-order valence-electron chi connectivity index (χ4n) is 2.91. The third kappa shape index (κ3) is 2.57. The smallest absolute Gasteiger partial charge is 0.223 e. The fraction of sp³-hybridized carbons (Fsp3) is 0.278. The van der Waals surface area contributed by atoms with Crippen molar-refractivity contribution in [2.75, 3.05) is 11.4 Å². The molecule has 3 nitrogen and oxygen atoms in total. The Morgan fingerprint density at radius 2 is 1.95 bits per heavy atom. The van der Waals surface area contributed by atoms with E-state index < -0.39 is 0 Å². The maximum absolute atomic E-state index is 11.6. The lowest BCUT2D eigenvalue weighted by Gasteiger charge is -2.15. The number of benzene rings is 2. The largest absolute Gasteiger partial charge is 0.324 e. The molecule has 1 unspecified atom stereocenters. The highest BCUT2D eigenvalue weighted by molar-refractivity contribution is 5.94. The van der Waals surface area contributed by atoms with Crippen molar-refractivity contribution in [2.24, 2.45) is 5.73 Å². The first-order valence-corrected chi connectivity index (χ1v) is 7.33. The van der Waals surface area contributed by atoms with Crippen LogP contribution >= 0.6 is 0 Å². The summed E-state index contributed by atoms with van der Waals surface area (Å²) in [6.45, 7) is 4.40. The standard InChI is InChI=1S/C18H20N2O/c1-12(19)14-4-3-5-15(10-14)16-6-7-18-17(11-16)8-9-20(18)13(2)21/h3-7,10-12H,8-9,19H2,1-2H3. The van der Waals surface area contributed by atoms with Crippen molar-refractivity contribution in [3.8, 4) is 11.1 Å². The van der Waals surface area contributed by atoms with Crippen LogP contribution in [0.5, 0.6) is 0 Å². The zero-order valence-electron chi connectivity index (χ0n) is 12.5. The van der Waals surface area contributed by atoms with Crippen LogP contribution in [0, 0.1) is 0 Å². The van der Waals surface area contributed by atoms with Gasteiger partial charge in [-0.05, 0) is 53.8 Å². The number of rotatable bonds is 2. The second kappa shape index (κ2) is 5.34. The van der Waals surface area contributed by atoms with E-state index in [2.05, 4.69) is 36.4 Å². The second-order valence-electron chi connectivity index (χ2n) is 5.68. The number of amides is 1. The van der Waals surface area contributed by atoms with Crippen molar-refractivity contribution in [1.82, 2.24) is 0 Å². The SMILES string of the molecule is CC(=O)N1CCc2cc(-c3cccc(C(C)N)c3)ccc21. The molecule has 1 atom stereocenters. The summed E-state index contributed by atoms with van der Waals surface area (Å²) in [6, 6.07) is 14.7. The van der Waals surface area contributed by atoms with Crippen molar-refractivity contribution in [2.45, 2.75) is 26.3 Å². The molecule has 2 aromatic carbocycles. The molecule has 0 radical (unpaired) electrons. The molecule has 3 rings (SSSR count). The summed E-state index contributed by atoms with van der Waals surface area (Å²) in [6.07, 6.45) is 0.926. The van der Waals surface area contributed by atoms with Gasteiger partial charge in [-0.15, -0.1) is 0 Å². The summed E-state index contributed by atoms with van der Waals surface area (Å²) in [5.41, 5.74) is 11.7. The van der Waals surface area contributed by atoms with Crippen molar-refractivity contribution in [3.63, 3.8) is 0 Å². The van der Waals surface area contributed by atoms with Crippen molar-refractivity contribution < 1.29 is 4.79 Å². The minimum Gasteiger partial charge on any atom is -0.324 e. The fourth-order valence-corrected chi connectivity index (χ4v) is 2.91. The molecule has 1 aliphatic rings. The highest BCUT2D eigenvalue weighted by Crippen LogP contribution is 2.32. The number of carbonyl (C=O) groups excluding carboxylic acids is 1. The minimum absolute atomic E-state index is 0.0348. The quantitative estimate of drug-likeness (QED) is 0.917. The Morgan fingerprint density at radius 3 is 2.67 bits per heavy atom. The average Bonchev–Trinajstić information content (AvgIpc) is 2.90. The number of carbonyl (C=O) groups is 1. The molecule has 0 aromatic heterocycles. The summed E-state index contributed by atoms with van der Waals surface area (Å²) in [5, 5.41) is 0. The first kappa shape index (κ1) is 13.8. The van der Waals surface area contributed by atoms with Gasteiger partial charge in [0.15, 0.2) is 0 Å². The highest BCUT2D eigenvalue weighted by Gasteiger charge is 2.22. The van der Waals surface area contributed by atoms with E-state index in [4.69, 9.17) is 5.73 Å². The summed E-state index contributed by atoms with van der Waals surface area (Å²) in [4.78, 5) is 13.4. The molecule has 1 aliphatic heterocycles. The number of hydrogen-bond acceptors (Lipinski definition) is 2. The molecular weight excluding hydrogens is 260 g/mol. The van der Waals surface area contributed by atoms with Crippen LogP contribution in [0.25, 0.3) is 11.1 Å². The zero-order valence-corrected chi connectivity index (χ0v) is 12.5. The van der Waals surface area contributed by atoms with Crippen LogP contribution in [0.1, 0.15) is 31.0 Å². The lowest BCUT2D eigenvalue weighted by Crippen LogP contribution is -2.25. The van der Waals surface area contributed by atoms with Gasteiger partial charge in [0.05, 0.1) is 0 Å². The van der Waals surface area contributed by atoms with Gasteiger partial charge < -0.3 is 10.6 Å². The molecule has 0 saturated carbocycles. The van der Waals surface area contributed by atoms with E-state index in [-0.39, 0.29) is 11.9 Å². The molecule has 0 spiro atoms. The molecular formula is C18H20N2O. The minimum atomic E-state index is 0.0348. The number of nitrogens with two attached hydrogens (primary N) is 1. The van der Waals surface area contributed by atoms with Crippen molar-refractivity contribution in [1.29, 1.82) is 0 Å². The Bertz CT molecular complexity index is 691. The van der Waals surface area contributed by atoms with Crippen LogP contribution in [-0.2, 0) is 11.2 Å². The number of anilines is 1. The second-order valence-corrected chi connectivity index (χ2v) is 5.68. The Morgan fingerprint density at radius 1 is 1.19 bits per heavy atom. The summed E-state index contributed by atoms with van der Waals surface area (Å²) < 4.78 is 0. The van der Waals surface area contributed by atoms with E-state index in [9.17, 15) is 4.79 Å². The van der Waals surface area contributed by atoms with Crippen LogP contribution in [0.15, 0.2) is 42.5 Å². The van der Waals surface area contributed by atoms with E-state index in [1.807, 2.05) is 17.9 Å². The molecule has 108 valence electrons. The maximum Gasteiger partial charge on any atom is 0.223 e. The molecule has 0 aliphatic carbocycles. The Balaban J connectivity index is 1.98. The van der Waals surface area contributed by atoms with Gasteiger partial charge in [0, 0.05) is 25.2 Å². The normalized spacial score (nSPS) is 14.9. The third-order valence-electron chi connectivity index (χ3n) is 4.10. The molecule has 21 heavy (non-hydrogen) atoms. The first-order valence-electron chi connectivity index (χ1n) is 7.33. The lowest BCUT2D eigenvalue weighted by atomic mass is 9.98. The van der Waals surface area contributed by atoms with Crippen LogP contribution in [0.3, 0.4) is 0 Å². The predicted octanol–water partition coefficient (Wildman–Crippen LogP) is 3.28. The monoisotopic (exact) mass is 280 g/mol. The van der Waals surface area contributed by atoms with Gasteiger partial charge in [0.1, 0.15) is 0 Å². The van der Waals surface area contributed by atoms with Gasteiger partial charge >= 0.3 is 0 Å². The van der Waals surface area contributed by atoms with Gasteiger partial charge in [0.25, 0.3) is 0 Å². The number of nitrogens with zero attached hydrogens (tertiary/aromatic N) is 1. The molecule has 2 aromatic rings. The zero-order chi connectivity index (χ0) is 15.0. The van der Waals surface area contributed by atoms with Gasteiger partial charge in [-0.1, -0.05) is 24.3 Å². The van der Waals surface area contributed by atoms with E-state index in [1.165, 1.54) is 16.7 Å². The third-order valence-corrected chi connectivity index (χ3v) is 4.10. The molecule has 0 saturated heterocycles. The Labute approximate surface area is 125 Å². The molecule has 0 fully saturated rings. The highest BCUT2D eigenvalue weighted by atomic mass is 16.2. The molecule has 1 amide bonds. The maximum atomic E-state index is 11.6. The van der Waals surface area contributed by atoms with Crippen LogP contribution < -0.4 is 10.6 Å². The van der Waals surface area contributed by atoms with Gasteiger partial charge in [-0.3, -0.25) is 4.79 Å². The van der Waals surface area contributed by atoms with Crippen molar-refractivity contribution in [3.05, 3.63) is 53.6 Å². The van der Waals surface area contributed by atoms with Crippen LogP contribution in [0.2, 0.25) is 0 Å². The lowest BCUT2D eigenvalue weighted by molar-refractivity contribution is -0.116. The summed E-state index contributed by atoms with van der Waals surface area (Å²) in [5.74, 6) is 0.112. The van der Waals surface area contributed by atoms with Crippen LogP contribution in [0.4, 0.5) is 5.69 Å². The van der Waals surface area contributed by atoms with E-state index >= 15 is 0 Å². The molecule has 1 heterocycles. The average molecular weight is 280 g/mol. The topological polar surface area (TPSA) is 46.3 Å². The van der Waals surface area contributed by atoms with Gasteiger partial charge in [-0.25, -0.2) is 0 Å². The Kier molecular flexibility index (Phi) is 3.52. The molecule has 2 N–H and O–H groups in total. The predicted molar refractivity (Wildman–Crippen MR) is 86.2 cm³/mol. The number of fused-ring (bicyclic) bond motifs is 1. The number of hydrogen-bond donors (Lipinski definition) is 1. The Hall–Kier alpha value is -2.13. The van der Waals surface area contributed by atoms with E-state index in [0.717, 1.165) is 24.2 Å².